The van der Waals surface area contributed by atoms with E-state index >= 15 is 0 Å². The average Bonchev–Trinajstić information content (AvgIpc) is 3.04. The molecule has 1 aliphatic rings. The molecule has 0 aromatic heterocycles. The molecule has 0 saturated carbocycles. The minimum Gasteiger partial charge on any atom is -0.497 e. The number of amides is 2. The molecule has 1 heterocycles. The van der Waals surface area contributed by atoms with Crippen LogP contribution in [0.5, 0.6) is 11.5 Å². The summed E-state index contributed by atoms with van der Waals surface area (Å²) < 4.78 is 10.4. The fourth-order valence-electron chi connectivity index (χ4n) is 2.96. The van der Waals surface area contributed by atoms with Crippen LogP contribution in [0.1, 0.15) is 12.8 Å². The van der Waals surface area contributed by atoms with E-state index in [1.165, 1.54) is 0 Å². The molecule has 0 radical (unpaired) electrons. The zero-order valence-corrected chi connectivity index (χ0v) is 14.2. The Morgan fingerprint density at radius 2 is 1.80 bits per heavy atom. The van der Waals surface area contributed by atoms with Crippen LogP contribution in [-0.4, -0.2) is 32.1 Å². The Morgan fingerprint density at radius 3 is 2.48 bits per heavy atom. The Bertz CT molecular complexity index is 773. The second-order valence-corrected chi connectivity index (χ2v) is 5.71. The molecule has 130 valence electrons. The molecule has 0 spiro atoms. The molecule has 6 heteroatoms. The fraction of sp³-hybridized carbons (Fsp3) is 0.263. The first-order valence-electron chi connectivity index (χ1n) is 8.04. The Kier molecular flexibility index (Phi) is 4.88. The van der Waals surface area contributed by atoms with Gasteiger partial charge in [0.1, 0.15) is 17.5 Å². The first kappa shape index (κ1) is 16.8. The van der Waals surface area contributed by atoms with Crippen LogP contribution in [0.2, 0.25) is 0 Å². The highest BCUT2D eigenvalue weighted by Gasteiger charge is 2.37. The summed E-state index contributed by atoms with van der Waals surface area (Å²) >= 11 is 0. The van der Waals surface area contributed by atoms with Crippen LogP contribution in [0.3, 0.4) is 0 Å². The molecule has 1 unspecified atom stereocenters. The topological polar surface area (TPSA) is 67.9 Å². The SMILES string of the molecule is COc1ccc(N2C(=O)CCC2C(=O)Nc2ccccc2OC)cc1. The van der Waals surface area contributed by atoms with Gasteiger partial charge in [-0.25, -0.2) is 0 Å². The standard InChI is InChI=1S/C19H20N2O4/c1-24-14-9-7-13(8-10-14)21-16(11-12-18(21)22)19(23)20-15-5-3-4-6-17(15)25-2/h3-10,16H,11-12H2,1-2H3,(H,20,23). The zero-order chi connectivity index (χ0) is 17.8. The van der Waals surface area contributed by atoms with Crippen molar-refractivity contribution in [2.75, 3.05) is 24.4 Å². The molecule has 25 heavy (non-hydrogen) atoms. The van der Waals surface area contributed by atoms with Gasteiger partial charge in [0.2, 0.25) is 11.8 Å². The number of rotatable bonds is 5. The predicted molar refractivity (Wildman–Crippen MR) is 95.1 cm³/mol. The number of hydrogen-bond donors (Lipinski definition) is 1. The monoisotopic (exact) mass is 340 g/mol. The molecule has 2 amide bonds. The number of methoxy groups -OCH3 is 2. The molecule has 2 aromatic carbocycles. The molecule has 0 bridgehead atoms. The van der Waals surface area contributed by atoms with E-state index in [4.69, 9.17) is 9.47 Å². The summed E-state index contributed by atoms with van der Waals surface area (Å²) in [5.41, 5.74) is 1.27. The van der Waals surface area contributed by atoms with Crippen molar-refractivity contribution in [1.29, 1.82) is 0 Å². The molecule has 2 aromatic rings. The maximum Gasteiger partial charge on any atom is 0.247 e. The first-order chi connectivity index (χ1) is 12.1. The van der Waals surface area contributed by atoms with E-state index in [9.17, 15) is 9.59 Å². The highest BCUT2D eigenvalue weighted by molar-refractivity contribution is 6.07. The van der Waals surface area contributed by atoms with Crippen molar-refractivity contribution in [1.82, 2.24) is 0 Å². The average molecular weight is 340 g/mol. The van der Waals surface area contributed by atoms with E-state index in [1.807, 2.05) is 12.1 Å². The smallest absolute Gasteiger partial charge is 0.247 e. The number of nitrogens with zero attached hydrogens (tertiary/aromatic N) is 1. The number of anilines is 2. The third-order valence-electron chi connectivity index (χ3n) is 4.23. The van der Waals surface area contributed by atoms with Crippen molar-refractivity contribution in [3.63, 3.8) is 0 Å². The van der Waals surface area contributed by atoms with Crippen LogP contribution < -0.4 is 19.7 Å². The van der Waals surface area contributed by atoms with Gasteiger partial charge in [0.25, 0.3) is 0 Å². The van der Waals surface area contributed by atoms with Crippen molar-refractivity contribution < 1.29 is 19.1 Å². The minimum absolute atomic E-state index is 0.0645. The second kappa shape index (κ2) is 7.25. The summed E-state index contributed by atoms with van der Waals surface area (Å²) in [6.07, 6.45) is 0.821. The maximum atomic E-state index is 12.8. The lowest BCUT2D eigenvalue weighted by Crippen LogP contribution is -2.41. The van der Waals surface area contributed by atoms with Gasteiger partial charge < -0.3 is 14.8 Å². The fourth-order valence-corrected chi connectivity index (χ4v) is 2.96. The molecule has 6 nitrogen and oxygen atoms in total. The predicted octanol–water partition coefficient (Wildman–Crippen LogP) is 2.84. The zero-order valence-electron chi connectivity index (χ0n) is 14.2. The molecule has 1 fully saturated rings. The van der Waals surface area contributed by atoms with Gasteiger partial charge in [-0.2, -0.15) is 0 Å². The van der Waals surface area contributed by atoms with Gasteiger partial charge >= 0.3 is 0 Å². The number of carbonyl (C=O) groups is 2. The van der Waals surface area contributed by atoms with Crippen LogP contribution in [-0.2, 0) is 9.59 Å². The van der Waals surface area contributed by atoms with E-state index < -0.39 is 6.04 Å². The summed E-state index contributed by atoms with van der Waals surface area (Å²) in [4.78, 5) is 26.6. The maximum absolute atomic E-state index is 12.8. The number of benzene rings is 2. The van der Waals surface area contributed by atoms with E-state index in [0.717, 1.165) is 0 Å². The Balaban J connectivity index is 1.81. The van der Waals surface area contributed by atoms with E-state index in [1.54, 1.807) is 55.5 Å². The number of ether oxygens (including phenoxy) is 2. The van der Waals surface area contributed by atoms with Crippen molar-refractivity contribution in [3.8, 4) is 11.5 Å². The van der Waals surface area contributed by atoms with Crippen molar-refractivity contribution >= 4 is 23.2 Å². The highest BCUT2D eigenvalue weighted by Crippen LogP contribution is 2.30. The van der Waals surface area contributed by atoms with Gasteiger partial charge in [-0.3, -0.25) is 14.5 Å². The molecule has 3 rings (SSSR count). The minimum atomic E-state index is -0.550. The number of hydrogen-bond acceptors (Lipinski definition) is 4. The lowest BCUT2D eigenvalue weighted by Gasteiger charge is -2.24. The normalized spacial score (nSPS) is 16.6. The van der Waals surface area contributed by atoms with Crippen LogP contribution in [0, 0.1) is 0 Å². The number of nitrogens with one attached hydrogen (secondary N) is 1. The Morgan fingerprint density at radius 1 is 1.08 bits per heavy atom. The van der Waals surface area contributed by atoms with Gasteiger partial charge in [-0.15, -0.1) is 0 Å². The number of carbonyl (C=O) groups excluding carboxylic acids is 2. The Hall–Kier alpha value is -3.02. The molecular formula is C19H20N2O4. The van der Waals surface area contributed by atoms with Gasteiger partial charge in [0.05, 0.1) is 19.9 Å². The second-order valence-electron chi connectivity index (χ2n) is 5.71. The van der Waals surface area contributed by atoms with Crippen molar-refractivity contribution in [2.45, 2.75) is 18.9 Å². The third-order valence-corrected chi connectivity index (χ3v) is 4.23. The molecular weight excluding hydrogens is 320 g/mol. The van der Waals surface area contributed by atoms with Gasteiger partial charge in [-0.1, -0.05) is 12.1 Å². The summed E-state index contributed by atoms with van der Waals surface area (Å²) in [5, 5.41) is 2.86. The summed E-state index contributed by atoms with van der Waals surface area (Å²) in [6, 6.07) is 13.8. The number of para-hydroxylation sites is 2. The largest absolute Gasteiger partial charge is 0.497 e. The van der Waals surface area contributed by atoms with Gasteiger partial charge in [0, 0.05) is 12.1 Å². The van der Waals surface area contributed by atoms with Gasteiger partial charge in [0.15, 0.2) is 0 Å². The quantitative estimate of drug-likeness (QED) is 0.909. The van der Waals surface area contributed by atoms with Crippen molar-refractivity contribution in [3.05, 3.63) is 48.5 Å². The molecule has 1 aliphatic heterocycles. The van der Waals surface area contributed by atoms with E-state index in [2.05, 4.69) is 5.32 Å². The van der Waals surface area contributed by atoms with E-state index in [-0.39, 0.29) is 11.8 Å². The van der Waals surface area contributed by atoms with E-state index in [0.29, 0.717) is 35.7 Å². The van der Waals surface area contributed by atoms with Crippen LogP contribution in [0.15, 0.2) is 48.5 Å². The van der Waals surface area contributed by atoms with Crippen LogP contribution in [0.4, 0.5) is 11.4 Å². The highest BCUT2D eigenvalue weighted by atomic mass is 16.5. The summed E-state index contributed by atoms with van der Waals surface area (Å²) in [5.74, 6) is 0.984. The molecule has 1 N–H and O–H groups in total. The molecule has 1 saturated heterocycles. The lowest BCUT2D eigenvalue weighted by atomic mass is 10.1. The summed E-state index contributed by atoms with van der Waals surface area (Å²) in [6.45, 7) is 0. The van der Waals surface area contributed by atoms with Gasteiger partial charge in [-0.05, 0) is 42.8 Å². The summed E-state index contributed by atoms with van der Waals surface area (Å²) in [7, 11) is 3.13. The van der Waals surface area contributed by atoms with Crippen LogP contribution >= 0.6 is 0 Å². The third kappa shape index (κ3) is 3.42. The Labute approximate surface area is 146 Å². The first-order valence-corrected chi connectivity index (χ1v) is 8.04. The lowest BCUT2D eigenvalue weighted by molar-refractivity contribution is -0.120. The van der Waals surface area contributed by atoms with Crippen LogP contribution in [0.25, 0.3) is 0 Å². The van der Waals surface area contributed by atoms with Crippen molar-refractivity contribution in [2.24, 2.45) is 0 Å². The molecule has 1 atom stereocenters. The molecule has 0 aliphatic carbocycles.